The normalized spacial score (nSPS) is 16.9. The van der Waals surface area contributed by atoms with E-state index in [0.717, 1.165) is 43.5 Å². The fourth-order valence-electron chi connectivity index (χ4n) is 6.56. The lowest BCUT2D eigenvalue weighted by molar-refractivity contribution is 0.00344. The van der Waals surface area contributed by atoms with Gasteiger partial charge in [-0.3, -0.25) is 10.0 Å². The molecular formula is C36H49FN6O6S2. The van der Waals surface area contributed by atoms with Crippen LogP contribution in [0.5, 0.6) is 0 Å². The molecule has 1 aliphatic carbocycles. The largest absolute Gasteiger partial charge is 0.444 e. The molecule has 278 valence electrons. The van der Waals surface area contributed by atoms with Crippen LogP contribution in [0.15, 0.2) is 30.5 Å². The molecule has 0 bridgehead atoms. The minimum Gasteiger partial charge on any atom is -0.444 e. The zero-order valence-electron chi connectivity index (χ0n) is 30.5. The van der Waals surface area contributed by atoms with Gasteiger partial charge in [0, 0.05) is 30.8 Å². The number of amides is 2. The molecule has 0 atom stereocenters. The number of aromatic nitrogens is 3. The molecule has 2 aliphatic rings. The molecular weight excluding hydrogens is 696 g/mol. The maximum atomic E-state index is 16.2. The summed E-state index contributed by atoms with van der Waals surface area (Å²) in [5.74, 6) is -0.746. The van der Waals surface area contributed by atoms with Crippen molar-refractivity contribution in [3.05, 3.63) is 41.3 Å². The number of carbonyl (C=O) groups is 2. The van der Waals surface area contributed by atoms with Crippen LogP contribution in [0.2, 0.25) is 0 Å². The van der Waals surface area contributed by atoms with E-state index in [2.05, 4.69) is 20.0 Å². The first-order valence-corrected chi connectivity index (χ1v) is 19.9. The van der Waals surface area contributed by atoms with Crippen LogP contribution in [0.3, 0.4) is 0 Å². The Labute approximate surface area is 304 Å². The smallest absolute Gasteiger partial charge is 0.414 e. The monoisotopic (exact) mass is 744 g/mol. The van der Waals surface area contributed by atoms with E-state index in [1.807, 2.05) is 20.8 Å². The number of ether oxygens (including phenoxy) is 2. The predicted molar refractivity (Wildman–Crippen MR) is 197 cm³/mol. The van der Waals surface area contributed by atoms with E-state index in [4.69, 9.17) is 14.5 Å². The van der Waals surface area contributed by atoms with Gasteiger partial charge in [0.25, 0.3) is 0 Å². The summed E-state index contributed by atoms with van der Waals surface area (Å²) in [6, 6.07) is 6.22. The average Bonchev–Trinajstić information content (AvgIpc) is 3.46. The molecule has 1 aromatic carbocycles. The number of thiazole rings is 1. The highest BCUT2D eigenvalue weighted by Gasteiger charge is 2.41. The van der Waals surface area contributed by atoms with Crippen molar-refractivity contribution < 1.29 is 31.9 Å². The molecule has 1 aliphatic heterocycles. The number of halogens is 1. The Hall–Kier alpha value is -3.85. The minimum atomic E-state index is -3.75. The van der Waals surface area contributed by atoms with Gasteiger partial charge in [0.05, 0.1) is 32.7 Å². The number of benzene rings is 1. The van der Waals surface area contributed by atoms with Gasteiger partial charge in [-0.2, -0.15) is 0 Å². The zero-order chi connectivity index (χ0) is 37.2. The van der Waals surface area contributed by atoms with Crippen molar-refractivity contribution in [2.45, 2.75) is 111 Å². The van der Waals surface area contributed by atoms with Crippen molar-refractivity contribution >= 4 is 45.2 Å². The van der Waals surface area contributed by atoms with Gasteiger partial charge in [0.15, 0.2) is 5.82 Å². The Morgan fingerprint density at radius 2 is 1.67 bits per heavy atom. The first-order valence-electron chi connectivity index (χ1n) is 17.5. The molecule has 12 nitrogen and oxygen atoms in total. The summed E-state index contributed by atoms with van der Waals surface area (Å²) < 4.78 is 54.7. The maximum Gasteiger partial charge on any atom is 0.414 e. The molecule has 3 aromatic rings. The van der Waals surface area contributed by atoms with Gasteiger partial charge in [0.2, 0.25) is 16.0 Å². The lowest BCUT2D eigenvalue weighted by Crippen LogP contribution is -2.46. The fraction of sp³-hybridized carbons (Fsp3) is 0.583. The molecule has 5 rings (SSSR count). The highest BCUT2D eigenvalue weighted by atomic mass is 32.2. The highest BCUT2D eigenvalue weighted by molar-refractivity contribution is 7.92. The van der Waals surface area contributed by atoms with E-state index < -0.39 is 33.1 Å². The summed E-state index contributed by atoms with van der Waals surface area (Å²) in [5.41, 5.74) is -0.394. The van der Waals surface area contributed by atoms with Crippen LogP contribution < -0.4 is 10.0 Å². The summed E-state index contributed by atoms with van der Waals surface area (Å²) >= 11 is 1.41. The van der Waals surface area contributed by atoms with Gasteiger partial charge in [-0.1, -0.05) is 13.0 Å². The molecule has 2 fully saturated rings. The van der Waals surface area contributed by atoms with E-state index in [-0.39, 0.29) is 40.4 Å². The summed E-state index contributed by atoms with van der Waals surface area (Å²) in [6.45, 7) is 13.9. The van der Waals surface area contributed by atoms with Crippen molar-refractivity contribution in [1.29, 1.82) is 0 Å². The third-order valence-electron chi connectivity index (χ3n) is 9.01. The molecule has 15 heteroatoms. The standard InChI is InChI=1S/C36H49FN6O6S2/c1-8-22-51(46,47)42-25-11-9-10-24(27(25)37)28-29(26-14-19-38-31(39-26)41-32(44)48-34(2,3)4)50-30(40-28)23-12-15-36(16-13-23)17-20-43(21-18-36)33(45)49-35(5,6)7/h9-11,14,19,23,42H,8,12-13,15-18,20-22H2,1-7H3,(H,38,39,41,44). The van der Waals surface area contributed by atoms with Gasteiger partial charge in [-0.15, -0.1) is 11.3 Å². The number of anilines is 2. The van der Waals surface area contributed by atoms with Gasteiger partial charge >= 0.3 is 12.2 Å². The maximum absolute atomic E-state index is 16.2. The first kappa shape index (κ1) is 38.4. The van der Waals surface area contributed by atoms with Crippen LogP contribution in [-0.2, 0) is 19.5 Å². The molecule has 0 radical (unpaired) electrons. The number of carbonyl (C=O) groups excluding carboxylic acids is 2. The van der Waals surface area contributed by atoms with E-state index in [9.17, 15) is 18.0 Å². The summed E-state index contributed by atoms with van der Waals surface area (Å²) in [7, 11) is -3.75. The van der Waals surface area contributed by atoms with Crippen LogP contribution in [0.1, 0.15) is 104 Å². The quantitative estimate of drug-likeness (QED) is 0.231. The van der Waals surface area contributed by atoms with Crippen molar-refractivity contribution in [3.63, 3.8) is 0 Å². The lowest BCUT2D eigenvalue weighted by atomic mass is 9.65. The second-order valence-corrected chi connectivity index (χ2v) is 18.3. The number of sulfonamides is 1. The molecule has 3 heterocycles. The Morgan fingerprint density at radius 1 is 1.00 bits per heavy atom. The van der Waals surface area contributed by atoms with Crippen LogP contribution in [-0.4, -0.2) is 70.5 Å². The molecule has 2 N–H and O–H groups in total. The van der Waals surface area contributed by atoms with E-state index in [1.165, 1.54) is 23.6 Å². The number of rotatable bonds is 8. The molecule has 2 amide bonds. The SMILES string of the molecule is CCCS(=O)(=O)Nc1cccc(-c2nc(C3CCC4(CC3)CCN(C(=O)OC(C)(C)C)CC4)sc2-c2ccnc(NC(=O)OC(C)(C)C)n2)c1F. The van der Waals surface area contributed by atoms with Crippen molar-refractivity contribution in [3.8, 4) is 21.8 Å². The van der Waals surface area contributed by atoms with Crippen molar-refractivity contribution in [2.75, 3.05) is 28.9 Å². The summed E-state index contributed by atoms with van der Waals surface area (Å²) in [4.78, 5) is 41.3. The Kier molecular flexibility index (Phi) is 11.3. The van der Waals surface area contributed by atoms with Crippen LogP contribution in [0.4, 0.5) is 25.6 Å². The van der Waals surface area contributed by atoms with Gasteiger partial charge in [-0.25, -0.2) is 37.3 Å². The van der Waals surface area contributed by atoms with Crippen LogP contribution >= 0.6 is 11.3 Å². The van der Waals surface area contributed by atoms with Gasteiger partial charge in [-0.05, 0) is 110 Å². The average molecular weight is 745 g/mol. The topological polar surface area (TPSA) is 153 Å². The second-order valence-electron chi connectivity index (χ2n) is 15.5. The molecule has 1 spiro atoms. The fourth-order valence-corrected chi connectivity index (χ4v) is 8.91. The first-order chi connectivity index (χ1) is 23.9. The molecule has 1 saturated carbocycles. The number of piperidine rings is 1. The molecule has 1 saturated heterocycles. The van der Waals surface area contributed by atoms with Gasteiger partial charge in [0.1, 0.15) is 11.2 Å². The lowest BCUT2D eigenvalue weighted by Gasteiger charge is -2.45. The van der Waals surface area contributed by atoms with Crippen LogP contribution in [0.25, 0.3) is 21.8 Å². The zero-order valence-corrected chi connectivity index (χ0v) is 32.1. The minimum absolute atomic E-state index is 0.0153. The summed E-state index contributed by atoms with van der Waals surface area (Å²) in [6.07, 6.45) is 6.44. The van der Waals surface area contributed by atoms with Crippen LogP contribution in [0, 0.1) is 11.2 Å². The number of likely N-dealkylation sites (tertiary alicyclic amines) is 1. The van der Waals surface area contributed by atoms with E-state index >= 15 is 4.39 Å². The molecule has 0 unspecified atom stereocenters. The van der Waals surface area contributed by atoms with Gasteiger partial charge < -0.3 is 14.4 Å². The Balaban J connectivity index is 1.42. The summed E-state index contributed by atoms with van der Waals surface area (Å²) in [5, 5.41) is 3.40. The van der Waals surface area contributed by atoms with Crippen molar-refractivity contribution in [1.82, 2.24) is 19.9 Å². The number of nitrogens with zero attached hydrogens (tertiary/aromatic N) is 4. The number of nitrogens with one attached hydrogen (secondary N) is 2. The molecule has 51 heavy (non-hydrogen) atoms. The number of hydrogen-bond donors (Lipinski definition) is 2. The third kappa shape index (κ3) is 9.94. The Morgan fingerprint density at radius 3 is 2.29 bits per heavy atom. The highest BCUT2D eigenvalue weighted by Crippen LogP contribution is 2.51. The molecule has 2 aromatic heterocycles. The third-order valence-corrected chi connectivity index (χ3v) is 11.7. The predicted octanol–water partition coefficient (Wildman–Crippen LogP) is 8.58. The Bertz CT molecular complexity index is 1830. The van der Waals surface area contributed by atoms with E-state index in [0.29, 0.717) is 35.8 Å². The second kappa shape index (κ2) is 15.0. The van der Waals surface area contributed by atoms with Crippen molar-refractivity contribution in [2.24, 2.45) is 5.41 Å². The van der Waals surface area contributed by atoms with E-state index in [1.54, 1.807) is 50.8 Å². The number of hydrogen-bond acceptors (Lipinski definition) is 10.